The Morgan fingerprint density at radius 1 is 1.40 bits per heavy atom. The van der Waals surface area contributed by atoms with E-state index in [0.717, 1.165) is 0 Å². The molecule has 1 heterocycles. The first-order valence-electron chi connectivity index (χ1n) is 5.52. The largest absolute Gasteiger partial charge is 0.382 e. The zero-order chi connectivity index (χ0) is 14.7. The minimum atomic E-state index is -0.496. The minimum Gasteiger partial charge on any atom is -0.382 e. The Balaban J connectivity index is 2.28. The first-order chi connectivity index (χ1) is 9.51. The fourth-order valence-electron chi connectivity index (χ4n) is 1.47. The molecule has 104 valence electrons. The summed E-state index contributed by atoms with van der Waals surface area (Å²) in [6.45, 7) is 0. The van der Waals surface area contributed by atoms with E-state index >= 15 is 0 Å². The zero-order valence-corrected chi connectivity index (χ0v) is 12.0. The number of carbonyl (C=O) groups is 1. The second-order valence-electron chi connectivity index (χ2n) is 3.80. The van der Waals surface area contributed by atoms with Gasteiger partial charge in [-0.3, -0.25) is 14.6 Å². The number of anilines is 2. The van der Waals surface area contributed by atoms with E-state index in [2.05, 4.69) is 15.3 Å². The van der Waals surface area contributed by atoms with Gasteiger partial charge in [-0.1, -0.05) is 23.4 Å². The van der Waals surface area contributed by atoms with Gasteiger partial charge in [0.15, 0.2) is 11.0 Å². The molecule has 0 unspecified atom stereocenters. The summed E-state index contributed by atoms with van der Waals surface area (Å²) in [6, 6.07) is 6.26. The van der Waals surface area contributed by atoms with Gasteiger partial charge in [0.05, 0.1) is 0 Å². The highest BCUT2D eigenvalue weighted by Gasteiger charge is 2.13. The van der Waals surface area contributed by atoms with Gasteiger partial charge in [0, 0.05) is 10.6 Å². The fraction of sp³-hybridized carbons (Fsp3) is 0.0833. The Kier molecular flexibility index (Phi) is 4.31. The van der Waals surface area contributed by atoms with E-state index in [-0.39, 0.29) is 11.5 Å². The molecule has 1 aromatic heterocycles. The molecule has 0 atom stereocenters. The number of nitrogens with two attached hydrogens (primary N) is 1. The van der Waals surface area contributed by atoms with Crippen LogP contribution in [0.5, 0.6) is 0 Å². The van der Waals surface area contributed by atoms with E-state index in [0.29, 0.717) is 15.7 Å². The van der Waals surface area contributed by atoms with Crippen molar-refractivity contribution in [1.29, 1.82) is 0 Å². The average Bonchev–Trinajstić information content (AvgIpc) is 2.43. The summed E-state index contributed by atoms with van der Waals surface area (Å²) in [6.07, 6.45) is 1.75. The second-order valence-corrected chi connectivity index (χ2v) is 5.03. The van der Waals surface area contributed by atoms with E-state index in [1.807, 2.05) is 0 Å². The van der Waals surface area contributed by atoms with E-state index in [1.54, 1.807) is 30.5 Å². The first kappa shape index (κ1) is 14.4. The standard InChI is InChI=1S/C12H11ClN4O2S/c1-20-12-16-9(14)8(11(19)17-12)15-10(18)6-2-4-7(13)5-3-6/h2-5H,1H3,(H,15,18)(H3,14,16,17,19). The molecule has 0 spiro atoms. The number of hydrogen-bond donors (Lipinski definition) is 3. The van der Waals surface area contributed by atoms with Crippen molar-refractivity contribution in [1.82, 2.24) is 9.97 Å². The Labute approximate surface area is 123 Å². The molecule has 0 aliphatic carbocycles. The summed E-state index contributed by atoms with van der Waals surface area (Å²) in [7, 11) is 0. The summed E-state index contributed by atoms with van der Waals surface area (Å²) in [5.74, 6) is -0.488. The van der Waals surface area contributed by atoms with Crippen LogP contribution in [0.25, 0.3) is 0 Å². The van der Waals surface area contributed by atoms with E-state index in [4.69, 9.17) is 17.3 Å². The molecule has 0 radical (unpaired) electrons. The van der Waals surface area contributed by atoms with Crippen LogP contribution in [0.15, 0.2) is 34.2 Å². The van der Waals surface area contributed by atoms with Crippen molar-refractivity contribution < 1.29 is 4.79 Å². The first-order valence-corrected chi connectivity index (χ1v) is 7.12. The predicted molar refractivity (Wildman–Crippen MR) is 80.5 cm³/mol. The highest BCUT2D eigenvalue weighted by atomic mass is 35.5. The monoisotopic (exact) mass is 310 g/mol. The molecule has 1 amide bonds. The number of amides is 1. The lowest BCUT2D eigenvalue weighted by Crippen LogP contribution is -2.22. The highest BCUT2D eigenvalue weighted by molar-refractivity contribution is 7.98. The highest BCUT2D eigenvalue weighted by Crippen LogP contribution is 2.16. The summed E-state index contributed by atoms with van der Waals surface area (Å²) in [5.41, 5.74) is 5.47. The Bertz CT molecular complexity index is 700. The predicted octanol–water partition coefficient (Wildman–Crippen LogP) is 1.98. The van der Waals surface area contributed by atoms with Crippen molar-refractivity contribution in [2.75, 3.05) is 17.3 Å². The molecule has 0 aliphatic rings. The van der Waals surface area contributed by atoms with Crippen LogP contribution >= 0.6 is 23.4 Å². The number of nitrogens with one attached hydrogen (secondary N) is 2. The molecule has 8 heteroatoms. The normalized spacial score (nSPS) is 10.3. The van der Waals surface area contributed by atoms with Gasteiger partial charge in [-0.15, -0.1) is 0 Å². The van der Waals surface area contributed by atoms with Crippen molar-refractivity contribution in [3.05, 3.63) is 45.2 Å². The lowest BCUT2D eigenvalue weighted by Gasteiger charge is -2.07. The van der Waals surface area contributed by atoms with Gasteiger partial charge in [-0.25, -0.2) is 4.98 Å². The average molecular weight is 311 g/mol. The lowest BCUT2D eigenvalue weighted by molar-refractivity contribution is 0.102. The number of nitrogens with zero attached hydrogens (tertiary/aromatic N) is 1. The van der Waals surface area contributed by atoms with Crippen molar-refractivity contribution in [2.45, 2.75) is 5.16 Å². The maximum absolute atomic E-state index is 12.0. The number of rotatable bonds is 3. The lowest BCUT2D eigenvalue weighted by atomic mass is 10.2. The quantitative estimate of drug-likeness (QED) is 0.594. The SMILES string of the molecule is CSc1nc(N)c(NC(=O)c2ccc(Cl)cc2)c(=O)[nH]1. The smallest absolute Gasteiger partial charge is 0.277 e. The third-order valence-corrected chi connectivity index (χ3v) is 3.30. The number of hydrogen-bond acceptors (Lipinski definition) is 5. The van der Waals surface area contributed by atoms with Crippen molar-refractivity contribution >= 4 is 40.8 Å². The van der Waals surface area contributed by atoms with Gasteiger partial charge in [-0.2, -0.15) is 0 Å². The maximum Gasteiger partial charge on any atom is 0.277 e. The van der Waals surface area contributed by atoms with E-state index in [9.17, 15) is 9.59 Å². The van der Waals surface area contributed by atoms with Crippen molar-refractivity contribution in [3.8, 4) is 0 Å². The molecule has 20 heavy (non-hydrogen) atoms. The van der Waals surface area contributed by atoms with Gasteiger partial charge < -0.3 is 11.1 Å². The van der Waals surface area contributed by atoms with E-state index < -0.39 is 11.5 Å². The van der Waals surface area contributed by atoms with Gasteiger partial charge in [0.2, 0.25) is 0 Å². The third-order valence-electron chi connectivity index (χ3n) is 2.46. The number of aromatic nitrogens is 2. The number of halogens is 1. The molecule has 0 saturated heterocycles. The number of benzene rings is 1. The zero-order valence-electron chi connectivity index (χ0n) is 10.4. The molecule has 2 rings (SSSR count). The maximum atomic E-state index is 12.0. The molecular formula is C12H11ClN4O2S. The molecule has 6 nitrogen and oxygen atoms in total. The van der Waals surface area contributed by atoms with Crippen LogP contribution in [0.2, 0.25) is 5.02 Å². The summed E-state index contributed by atoms with van der Waals surface area (Å²) >= 11 is 6.99. The fourth-order valence-corrected chi connectivity index (χ4v) is 1.98. The minimum absolute atomic E-state index is 0.0274. The summed E-state index contributed by atoms with van der Waals surface area (Å²) in [5, 5.41) is 3.35. The Morgan fingerprint density at radius 2 is 2.05 bits per heavy atom. The molecule has 0 fully saturated rings. The molecule has 1 aromatic carbocycles. The number of carbonyl (C=O) groups excluding carboxylic acids is 1. The number of H-pyrrole nitrogens is 1. The number of nitrogen functional groups attached to an aromatic ring is 1. The second kappa shape index (κ2) is 5.98. The van der Waals surface area contributed by atoms with Crippen LogP contribution in [0.1, 0.15) is 10.4 Å². The van der Waals surface area contributed by atoms with Gasteiger partial charge >= 0.3 is 0 Å². The Hall–Kier alpha value is -1.99. The molecule has 4 N–H and O–H groups in total. The molecule has 0 aliphatic heterocycles. The van der Waals surface area contributed by atoms with Gasteiger partial charge in [0.25, 0.3) is 11.5 Å². The summed E-state index contributed by atoms with van der Waals surface area (Å²) in [4.78, 5) is 30.3. The number of aromatic amines is 1. The molecular weight excluding hydrogens is 300 g/mol. The van der Waals surface area contributed by atoms with Crippen molar-refractivity contribution in [3.63, 3.8) is 0 Å². The van der Waals surface area contributed by atoms with Crippen LogP contribution < -0.4 is 16.6 Å². The third kappa shape index (κ3) is 3.12. The van der Waals surface area contributed by atoms with Crippen LogP contribution in [-0.4, -0.2) is 22.1 Å². The summed E-state index contributed by atoms with van der Waals surface area (Å²) < 4.78 is 0. The van der Waals surface area contributed by atoms with Crippen molar-refractivity contribution in [2.24, 2.45) is 0 Å². The molecule has 0 saturated carbocycles. The molecule has 0 bridgehead atoms. The van der Waals surface area contributed by atoms with Gasteiger partial charge in [0.1, 0.15) is 5.69 Å². The van der Waals surface area contributed by atoms with E-state index in [1.165, 1.54) is 11.8 Å². The number of thioether (sulfide) groups is 1. The topological polar surface area (TPSA) is 101 Å². The van der Waals surface area contributed by atoms with Crippen LogP contribution in [0.4, 0.5) is 11.5 Å². The van der Waals surface area contributed by atoms with Crippen LogP contribution in [0, 0.1) is 0 Å². The Morgan fingerprint density at radius 3 is 2.60 bits per heavy atom. The molecule has 2 aromatic rings. The van der Waals surface area contributed by atoms with Crippen LogP contribution in [0.3, 0.4) is 0 Å². The van der Waals surface area contributed by atoms with Crippen LogP contribution in [-0.2, 0) is 0 Å². The van der Waals surface area contributed by atoms with Gasteiger partial charge in [-0.05, 0) is 30.5 Å².